The van der Waals surface area contributed by atoms with Crippen molar-refractivity contribution < 1.29 is 9.18 Å². The molecule has 0 aliphatic carbocycles. The lowest BCUT2D eigenvalue weighted by Gasteiger charge is -2.25. The molecule has 7 heteroatoms. The van der Waals surface area contributed by atoms with Crippen LogP contribution in [0.2, 0.25) is 5.02 Å². The Morgan fingerprint density at radius 3 is 2.92 bits per heavy atom. The summed E-state index contributed by atoms with van der Waals surface area (Å²) in [4.78, 5) is 17.0. The predicted molar refractivity (Wildman–Crippen MR) is 106 cm³/mol. The smallest absolute Gasteiger partial charge is 0.255 e. The largest absolute Gasteiger partial charge is 0.379 e. The number of thioether (sulfide) groups is 1. The summed E-state index contributed by atoms with van der Waals surface area (Å²) in [6, 6.07) is 11.2. The Hall–Kier alpha value is -2.05. The van der Waals surface area contributed by atoms with E-state index in [0.717, 1.165) is 24.2 Å². The van der Waals surface area contributed by atoms with E-state index in [0.29, 0.717) is 15.8 Å². The normalized spacial score (nSPS) is 20.2. The summed E-state index contributed by atoms with van der Waals surface area (Å²) < 4.78 is 14.3. The number of carbonyl (C=O) groups is 1. The van der Waals surface area contributed by atoms with E-state index >= 15 is 0 Å². The second-order valence-electron chi connectivity index (χ2n) is 6.34. The van der Waals surface area contributed by atoms with E-state index in [1.54, 1.807) is 30.3 Å². The van der Waals surface area contributed by atoms with Crippen LogP contribution in [0.15, 0.2) is 47.5 Å². The van der Waals surface area contributed by atoms with Gasteiger partial charge in [0, 0.05) is 16.3 Å². The summed E-state index contributed by atoms with van der Waals surface area (Å²) in [5.41, 5.74) is 6.68. The zero-order chi connectivity index (χ0) is 18.7. The van der Waals surface area contributed by atoms with Crippen LogP contribution < -0.4 is 11.1 Å². The van der Waals surface area contributed by atoms with Gasteiger partial charge in [-0.2, -0.15) is 0 Å². The van der Waals surface area contributed by atoms with Crippen LogP contribution in [0.3, 0.4) is 0 Å². The molecule has 1 unspecified atom stereocenters. The molecule has 1 aliphatic heterocycles. The number of carbonyl (C=O) groups excluding carboxylic acids is 1. The van der Waals surface area contributed by atoms with Crippen molar-refractivity contribution in [3.05, 3.63) is 64.4 Å². The van der Waals surface area contributed by atoms with E-state index in [9.17, 15) is 9.18 Å². The maximum Gasteiger partial charge on any atom is 0.255 e. The van der Waals surface area contributed by atoms with Gasteiger partial charge in [0.05, 0.1) is 11.2 Å². The topological polar surface area (TPSA) is 67.5 Å². The van der Waals surface area contributed by atoms with Gasteiger partial charge in [-0.3, -0.25) is 9.79 Å². The van der Waals surface area contributed by atoms with Crippen LogP contribution in [0.5, 0.6) is 0 Å². The summed E-state index contributed by atoms with van der Waals surface area (Å²) in [5.74, 6) is -0.0226. The fourth-order valence-electron chi connectivity index (χ4n) is 2.91. The lowest BCUT2D eigenvalue weighted by atomic mass is 9.88. The molecule has 0 fully saturated rings. The fraction of sp³-hybridized carbons (Fsp3) is 0.263. The highest BCUT2D eigenvalue weighted by Crippen LogP contribution is 2.36. The highest BCUT2D eigenvalue weighted by molar-refractivity contribution is 8.13. The predicted octanol–water partition coefficient (Wildman–Crippen LogP) is 4.79. The Morgan fingerprint density at radius 1 is 1.35 bits per heavy atom. The Bertz CT molecular complexity index is 874. The van der Waals surface area contributed by atoms with Crippen molar-refractivity contribution in [2.24, 2.45) is 10.7 Å². The summed E-state index contributed by atoms with van der Waals surface area (Å²) in [6.45, 7) is 1.97. The third kappa shape index (κ3) is 4.19. The van der Waals surface area contributed by atoms with Crippen molar-refractivity contribution in [1.29, 1.82) is 0 Å². The van der Waals surface area contributed by atoms with Crippen LogP contribution >= 0.6 is 23.4 Å². The van der Waals surface area contributed by atoms with E-state index in [-0.39, 0.29) is 5.69 Å². The van der Waals surface area contributed by atoms with Crippen LogP contribution in [0.1, 0.15) is 35.7 Å². The molecule has 0 bridgehead atoms. The average Bonchev–Trinajstić information content (AvgIpc) is 2.78. The van der Waals surface area contributed by atoms with E-state index in [1.165, 1.54) is 23.9 Å². The number of nitrogens with zero attached hydrogens (tertiary/aromatic N) is 1. The lowest BCUT2D eigenvalue weighted by Crippen LogP contribution is -2.22. The number of aliphatic imine (C=N–C) groups is 1. The van der Waals surface area contributed by atoms with Crippen molar-refractivity contribution >= 4 is 40.1 Å². The molecule has 0 spiro atoms. The standard InChI is InChI=1S/C19H19ClFN3OS/c1-19(8-3-9-26-18(22)24-19)13-6-7-15(21)16(11-13)23-17(25)12-4-2-5-14(20)10-12/h2,4-7,10-11H,3,8-9H2,1H3,(H2,22,24)(H,23,25). The van der Waals surface area contributed by atoms with Crippen LogP contribution in [0.25, 0.3) is 0 Å². The monoisotopic (exact) mass is 391 g/mol. The van der Waals surface area contributed by atoms with Gasteiger partial charge in [-0.05, 0) is 55.7 Å². The van der Waals surface area contributed by atoms with Crippen molar-refractivity contribution in [3.63, 3.8) is 0 Å². The maximum atomic E-state index is 14.3. The lowest BCUT2D eigenvalue weighted by molar-refractivity contribution is 0.102. The van der Waals surface area contributed by atoms with Gasteiger partial charge in [-0.1, -0.05) is 35.5 Å². The molecule has 1 heterocycles. The average molecular weight is 392 g/mol. The number of amides is 1. The van der Waals surface area contributed by atoms with Gasteiger partial charge in [0.2, 0.25) is 0 Å². The number of nitrogens with one attached hydrogen (secondary N) is 1. The first-order valence-corrected chi connectivity index (χ1v) is 9.59. The molecule has 0 radical (unpaired) electrons. The van der Waals surface area contributed by atoms with Crippen molar-refractivity contribution in [2.45, 2.75) is 25.3 Å². The van der Waals surface area contributed by atoms with Gasteiger partial charge in [-0.15, -0.1) is 0 Å². The molecule has 3 rings (SSSR count). The molecular formula is C19H19ClFN3OS. The molecule has 4 nitrogen and oxygen atoms in total. The third-order valence-electron chi connectivity index (χ3n) is 4.34. The van der Waals surface area contributed by atoms with Crippen LogP contribution in [-0.2, 0) is 5.54 Å². The molecule has 3 N–H and O–H groups in total. The minimum Gasteiger partial charge on any atom is -0.379 e. The minimum absolute atomic E-state index is 0.111. The van der Waals surface area contributed by atoms with Crippen molar-refractivity contribution in [3.8, 4) is 0 Å². The third-order valence-corrected chi connectivity index (χ3v) is 5.45. The molecular weight excluding hydrogens is 373 g/mol. The number of rotatable bonds is 3. The van der Waals surface area contributed by atoms with Gasteiger partial charge < -0.3 is 11.1 Å². The number of benzene rings is 2. The number of hydrogen-bond acceptors (Lipinski definition) is 4. The van der Waals surface area contributed by atoms with Gasteiger partial charge in [0.15, 0.2) is 5.17 Å². The van der Waals surface area contributed by atoms with E-state index in [1.807, 2.05) is 6.92 Å². The summed E-state index contributed by atoms with van der Waals surface area (Å²) in [5, 5.41) is 3.59. The summed E-state index contributed by atoms with van der Waals surface area (Å²) in [6.07, 6.45) is 1.75. The van der Waals surface area contributed by atoms with E-state index in [2.05, 4.69) is 10.3 Å². The van der Waals surface area contributed by atoms with Crippen molar-refractivity contribution in [2.75, 3.05) is 11.1 Å². The SMILES string of the molecule is CC1(c2ccc(F)c(NC(=O)c3cccc(Cl)c3)c2)CCCSC(N)=N1. The minimum atomic E-state index is -0.545. The molecule has 2 aromatic carbocycles. The molecule has 2 aromatic rings. The zero-order valence-corrected chi connectivity index (χ0v) is 15.8. The number of hydrogen-bond donors (Lipinski definition) is 2. The molecule has 0 saturated heterocycles. The van der Waals surface area contributed by atoms with E-state index < -0.39 is 17.3 Å². The van der Waals surface area contributed by atoms with Gasteiger partial charge in [0.25, 0.3) is 5.91 Å². The number of halogens is 2. The highest BCUT2D eigenvalue weighted by atomic mass is 35.5. The first-order chi connectivity index (χ1) is 12.4. The molecule has 1 atom stereocenters. The molecule has 0 aromatic heterocycles. The van der Waals surface area contributed by atoms with Crippen LogP contribution in [0.4, 0.5) is 10.1 Å². The fourth-order valence-corrected chi connectivity index (χ4v) is 3.87. The summed E-state index contributed by atoms with van der Waals surface area (Å²) in [7, 11) is 0. The zero-order valence-electron chi connectivity index (χ0n) is 14.3. The number of nitrogens with two attached hydrogens (primary N) is 1. The molecule has 26 heavy (non-hydrogen) atoms. The first-order valence-electron chi connectivity index (χ1n) is 8.22. The Balaban J connectivity index is 1.90. The van der Waals surface area contributed by atoms with E-state index in [4.69, 9.17) is 17.3 Å². The first kappa shape index (κ1) is 18.7. The highest BCUT2D eigenvalue weighted by Gasteiger charge is 2.29. The Labute approximate surface area is 161 Å². The van der Waals surface area contributed by atoms with Crippen LogP contribution in [-0.4, -0.2) is 16.8 Å². The number of anilines is 1. The second kappa shape index (κ2) is 7.68. The van der Waals surface area contributed by atoms with Gasteiger partial charge in [-0.25, -0.2) is 4.39 Å². The quantitative estimate of drug-likeness (QED) is 0.790. The van der Waals surface area contributed by atoms with Gasteiger partial charge in [0.1, 0.15) is 5.82 Å². The number of amidine groups is 1. The molecule has 1 amide bonds. The van der Waals surface area contributed by atoms with Crippen molar-refractivity contribution in [1.82, 2.24) is 0 Å². The Kier molecular flexibility index (Phi) is 5.53. The second-order valence-corrected chi connectivity index (χ2v) is 7.89. The summed E-state index contributed by atoms with van der Waals surface area (Å²) >= 11 is 7.44. The Morgan fingerprint density at radius 2 is 2.15 bits per heavy atom. The maximum absolute atomic E-state index is 14.3. The molecule has 1 aliphatic rings. The van der Waals surface area contributed by atoms with Crippen LogP contribution in [0, 0.1) is 5.82 Å². The van der Waals surface area contributed by atoms with Gasteiger partial charge >= 0.3 is 0 Å². The molecule has 136 valence electrons. The molecule has 0 saturated carbocycles.